The molecule has 0 saturated carbocycles. The number of benzene rings is 3. The normalized spacial score (nSPS) is 16.7. The van der Waals surface area contributed by atoms with Gasteiger partial charge >= 0.3 is 5.91 Å². The molecule has 2 N–H and O–H groups in total. The number of imidazole rings is 1. The zero-order chi connectivity index (χ0) is 28.0. The van der Waals surface area contributed by atoms with Gasteiger partial charge in [-0.25, -0.2) is 4.98 Å². The van der Waals surface area contributed by atoms with E-state index >= 15 is 0 Å². The largest absolute Gasteiger partial charge is 0.507 e. The van der Waals surface area contributed by atoms with Crippen LogP contribution in [0.4, 0.5) is 11.6 Å². The van der Waals surface area contributed by atoms with Crippen LogP contribution < -0.4 is 19.3 Å². The number of ketones is 1. The van der Waals surface area contributed by atoms with E-state index in [0.717, 1.165) is 11.3 Å². The summed E-state index contributed by atoms with van der Waals surface area (Å²) >= 11 is 0. The molecule has 1 aliphatic heterocycles. The quantitative estimate of drug-likeness (QED) is 0.209. The number of aliphatic hydroxyl groups is 1. The Bertz CT molecular complexity index is 1640. The molecule has 1 amide bonds. The Hall–Kier alpha value is -4.79. The van der Waals surface area contributed by atoms with E-state index in [0.29, 0.717) is 39.2 Å². The number of rotatable bonds is 6. The fraction of sp³-hybridized carbons (Fsp3) is 0.233. The van der Waals surface area contributed by atoms with Crippen LogP contribution in [-0.4, -0.2) is 55.1 Å². The van der Waals surface area contributed by atoms with Crippen molar-refractivity contribution in [3.05, 3.63) is 82.4 Å². The lowest BCUT2D eigenvalue weighted by Gasteiger charge is -2.24. The van der Waals surface area contributed by atoms with Gasteiger partial charge in [-0.05, 0) is 66.9 Å². The molecule has 1 unspecified atom stereocenters. The molecule has 0 spiro atoms. The van der Waals surface area contributed by atoms with E-state index in [4.69, 9.17) is 9.47 Å². The summed E-state index contributed by atoms with van der Waals surface area (Å²) in [7, 11) is 7.00. The van der Waals surface area contributed by atoms with Gasteiger partial charge in [-0.15, -0.1) is 0 Å². The number of hydrogen-bond acceptors (Lipinski definition) is 7. The van der Waals surface area contributed by atoms with Crippen LogP contribution >= 0.6 is 0 Å². The molecular weight excluding hydrogens is 496 g/mol. The number of ether oxygens (including phenoxy) is 2. The lowest BCUT2D eigenvalue weighted by molar-refractivity contribution is -0.132. The van der Waals surface area contributed by atoms with E-state index in [1.807, 2.05) is 57.1 Å². The molecule has 9 nitrogen and oxygen atoms in total. The highest BCUT2D eigenvalue weighted by Crippen LogP contribution is 2.43. The molecule has 1 aliphatic rings. The molecule has 4 aromatic rings. The molecule has 2 heterocycles. The summed E-state index contributed by atoms with van der Waals surface area (Å²) in [6.45, 7) is 3.67. The van der Waals surface area contributed by atoms with E-state index in [-0.39, 0.29) is 17.3 Å². The summed E-state index contributed by atoms with van der Waals surface area (Å²) in [5.74, 6) is -0.339. The molecule has 0 radical (unpaired) electrons. The van der Waals surface area contributed by atoms with Crippen molar-refractivity contribution in [2.45, 2.75) is 19.9 Å². The number of H-pyrrole nitrogens is 1. The molecule has 3 aromatic carbocycles. The van der Waals surface area contributed by atoms with Crippen molar-refractivity contribution < 1.29 is 24.2 Å². The van der Waals surface area contributed by atoms with Gasteiger partial charge in [0.25, 0.3) is 5.78 Å². The summed E-state index contributed by atoms with van der Waals surface area (Å²) < 4.78 is 10.7. The van der Waals surface area contributed by atoms with Crippen LogP contribution in [0.1, 0.15) is 28.3 Å². The third kappa shape index (κ3) is 4.35. The van der Waals surface area contributed by atoms with Crippen molar-refractivity contribution in [3.63, 3.8) is 0 Å². The first-order valence-electron chi connectivity index (χ1n) is 12.4. The van der Waals surface area contributed by atoms with Crippen LogP contribution in [0, 0.1) is 13.8 Å². The number of nitrogens with zero attached hydrogens (tertiary/aromatic N) is 3. The highest BCUT2D eigenvalue weighted by molar-refractivity contribution is 6.51. The van der Waals surface area contributed by atoms with Crippen LogP contribution in [0.5, 0.6) is 11.5 Å². The number of nitrogens with one attached hydrogen (secondary N) is 1. The summed E-state index contributed by atoms with van der Waals surface area (Å²) in [4.78, 5) is 38.2. The average Bonchev–Trinajstić information content (AvgIpc) is 3.46. The Morgan fingerprint density at radius 1 is 0.974 bits per heavy atom. The lowest BCUT2D eigenvalue weighted by Crippen LogP contribution is -2.30. The minimum Gasteiger partial charge on any atom is -0.507 e. The van der Waals surface area contributed by atoms with E-state index in [2.05, 4.69) is 9.97 Å². The van der Waals surface area contributed by atoms with Crippen LogP contribution in [0.25, 0.3) is 16.8 Å². The predicted octanol–water partition coefficient (Wildman–Crippen LogP) is 4.89. The number of hydrogen-bond donors (Lipinski definition) is 2. The summed E-state index contributed by atoms with van der Waals surface area (Å²) in [5, 5.41) is 11.6. The molecule has 5 rings (SSSR count). The van der Waals surface area contributed by atoms with Crippen LogP contribution in [-0.2, 0) is 9.59 Å². The Labute approximate surface area is 226 Å². The van der Waals surface area contributed by atoms with E-state index in [9.17, 15) is 14.7 Å². The number of Topliss-reactive ketones (excluding diaryl/α,β-unsaturated/α-hetero) is 1. The first-order valence-corrected chi connectivity index (χ1v) is 12.4. The number of aliphatic hydroxyl groups excluding tert-OH is 1. The topological polar surface area (TPSA) is 108 Å². The second-order valence-electron chi connectivity index (χ2n) is 9.74. The second kappa shape index (κ2) is 9.83. The molecule has 1 aromatic heterocycles. The van der Waals surface area contributed by atoms with E-state index in [1.165, 1.54) is 4.90 Å². The van der Waals surface area contributed by atoms with Crippen molar-refractivity contribution >= 4 is 40.1 Å². The van der Waals surface area contributed by atoms with Gasteiger partial charge in [-0.1, -0.05) is 12.1 Å². The molecule has 0 bridgehead atoms. The zero-order valence-corrected chi connectivity index (χ0v) is 22.7. The van der Waals surface area contributed by atoms with Crippen LogP contribution in [0.3, 0.4) is 0 Å². The van der Waals surface area contributed by atoms with Crippen molar-refractivity contribution in [2.24, 2.45) is 0 Å². The van der Waals surface area contributed by atoms with Crippen LogP contribution in [0.2, 0.25) is 0 Å². The van der Waals surface area contributed by atoms with Gasteiger partial charge in [0.2, 0.25) is 5.95 Å². The Balaban J connectivity index is 1.73. The minimum absolute atomic E-state index is 0.0108. The first-order chi connectivity index (χ1) is 18.6. The Kier molecular flexibility index (Phi) is 6.51. The summed E-state index contributed by atoms with van der Waals surface area (Å²) in [5.41, 5.74) is 4.80. The number of carbonyl (C=O) groups is 2. The van der Waals surface area contributed by atoms with Gasteiger partial charge in [-0.2, -0.15) is 0 Å². The highest BCUT2D eigenvalue weighted by atomic mass is 16.5. The third-order valence-corrected chi connectivity index (χ3v) is 7.07. The number of aromatic nitrogens is 2. The van der Waals surface area contributed by atoms with Gasteiger partial charge in [0.05, 0.1) is 36.9 Å². The van der Waals surface area contributed by atoms with E-state index < -0.39 is 17.7 Å². The first kappa shape index (κ1) is 25.8. The number of amides is 1. The van der Waals surface area contributed by atoms with Crippen molar-refractivity contribution in [2.75, 3.05) is 38.1 Å². The monoisotopic (exact) mass is 526 g/mol. The zero-order valence-electron chi connectivity index (χ0n) is 22.7. The standard InChI is InChI=1S/C30H30N4O5/c1-16-14-24(39-6)17(2)13-21(16)27(35)25-26(18-7-9-19(10-8-18)33(3)4)34(29(37)28(25)36)30-31-22-12-11-20(38-5)15-23(22)32-30/h7-15,26,35H,1-6H3,(H,31,32)/b27-25+. The van der Waals surface area contributed by atoms with Gasteiger partial charge in [-0.3, -0.25) is 14.5 Å². The maximum atomic E-state index is 13.6. The SMILES string of the molecule is COc1ccc2nc(N3C(=O)C(=O)/C(=C(/O)c4cc(C)c(OC)cc4C)C3c3ccc(N(C)C)cc3)[nH]c2c1. The number of aryl methyl sites for hydroxylation is 2. The van der Waals surface area contributed by atoms with Gasteiger partial charge < -0.3 is 24.5 Å². The predicted molar refractivity (Wildman–Crippen MR) is 151 cm³/mol. The van der Waals surface area contributed by atoms with Crippen molar-refractivity contribution in [1.82, 2.24) is 9.97 Å². The molecule has 1 atom stereocenters. The number of anilines is 2. The summed E-state index contributed by atoms with van der Waals surface area (Å²) in [6, 6.07) is 15.5. The van der Waals surface area contributed by atoms with Crippen molar-refractivity contribution in [1.29, 1.82) is 0 Å². The van der Waals surface area contributed by atoms with Gasteiger partial charge in [0.15, 0.2) is 0 Å². The van der Waals surface area contributed by atoms with Gasteiger partial charge in [0.1, 0.15) is 17.3 Å². The number of methoxy groups -OCH3 is 2. The Morgan fingerprint density at radius 3 is 2.33 bits per heavy atom. The third-order valence-electron chi connectivity index (χ3n) is 7.07. The fourth-order valence-electron chi connectivity index (χ4n) is 4.95. The van der Waals surface area contributed by atoms with Crippen molar-refractivity contribution in [3.8, 4) is 11.5 Å². The number of fused-ring (bicyclic) bond motifs is 1. The summed E-state index contributed by atoms with van der Waals surface area (Å²) in [6.07, 6.45) is 0. The molecule has 39 heavy (non-hydrogen) atoms. The number of carbonyl (C=O) groups excluding carboxylic acids is 2. The maximum Gasteiger partial charge on any atom is 0.302 e. The number of aromatic amines is 1. The molecular formula is C30H30N4O5. The van der Waals surface area contributed by atoms with Crippen LogP contribution in [0.15, 0.2) is 60.2 Å². The molecule has 0 aliphatic carbocycles. The fourth-order valence-corrected chi connectivity index (χ4v) is 4.95. The second-order valence-corrected chi connectivity index (χ2v) is 9.74. The molecule has 200 valence electrons. The minimum atomic E-state index is -0.912. The molecule has 1 fully saturated rings. The smallest absolute Gasteiger partial charge is 0.302 e. The van der Waals surface area contributed by atoms with Gasteiger partial charge in [0, 0.05) is 31.4 Å². The molecule has 9 heteroatoms. The van der Waals surface area contributed by atoms with E-state index in [1.54, 1.807) is 44.6 Å². The highest BCUT2D eigenvalue weighted by Gasteiger charge is 2.48. The lowest BCUT2D eigenvalue weighted by atomic mass is 9.93. The average molecular weight is 527 g/mol. The molecule has 1 saturated heterocycles. The maximum absolute atomic E-state index is 13.6. The Morgan fingerprint density at radius 2 is 1.69 bits per heavy atom.